The van der Waals surface area contributed by atoms with E-state index in [0.717, 1.165) is 11.5 Å². The highest BCUT2D eigenvalue weighted by molar-refractivity contribution is 5.30. The van der Waals surface area contributed by atoms with Gasteiger partial charge in [-0.3, -0.25) is 0 Å². The summed E-state index contributed by atoms with van der Waals surface area (Å²) < 4.78 is 6.90. The summed E-state index contributed by atoms with van der Waals surface area (Å²) in [6, 6.07) is 5.58. The molecule has 13 heavy (non-hydrogen) atoms. The molecule has 0 atom stereocenters. The first-order valence-corrected chi connectivity index (χ1v) is 4.08. The Hall–Kier alpha value is -1.71. The zero-order valence-electron chi connectivity index (χ0n) is 7.40. The standard InChI is InChI=1S/C9H11N3O/c1-7-5-9(10)12(11-7)6-8-3-2-4-13-8/h2-5H,6,10H2,1H3. The zero-order chi connectivity index (χ0) is 9.26. The summed E-state index contributed by atoms with van der Waals surface area (Å²) in [6.45, 7) is 2.50. The summed E-state index contributed by atoms with van der Waals surface area (Å²) in [5, 5.41) is 4.22. The SMILES string of the molecule is Cc1cc(N)n(Cc2ccco2)n1. The molecule has 2 rings (SSSR count). The van der Waals surface area contributed by atoms with E-state index in [-0.39, 0.29) is 0 Å². The van der Waals surface area contributed by atoms with Crippen molar-refractivity contribution in [3.63, 3.8) is 0 Å². The van der Waals surface area contributed by atoms with Crippen LogP contribution in [0.15, 0.2) is 28.9 Å². The Morgan fingerprint density at radius 2 is 2.46 bits per heavy atom. The largest absolute Gasteiger partial charge is 0.467 e. The predicted octanol–water partition coefficient (Wildman–Crippen LogP) is 1.42. The van der Waals surface area contributed by atoms with Gasteiger partial charge in [0.1, 0.15) is 18.1 Å². The molecule has 0 aliphatic rings. The summed E-state index contributed by atoms with van der Waals surface area (Å²) >= 11 is 0. The number of anilines is 1. The third-order valence-electron chi connectivity index (χ3n) is 1.82. The van der Waals surface area contributed by atoms with Crippen molar-refractivity contribution in [2.45, 2.75) is 13.5 Å². The third kappa shape index (κ3) is 1.56. The van der Waals surface area contributed by atoms with Gasteiger partial charge < -0.3 is 10.2 Å². The predicted molar refractivity (Wildman–Crippen MR) is 49.2 cm³/mol. The van der Waals surface area contributed by atoms with E-state index in [1.54, 1.807) is 10.9 Å². The Kier molecular flexibility index (Phi) is 1.81. The van der Waals surface area contributed by atoms with Crippen LogP contribution in [0.1, 0.15) is 11.5 Å². The van der Waals surface area contributed by atoms with E-state index in [1.165, 1.54) is 0 Å². The maximum Gasteiger partial charge on any atom is 0.125 e. The van der Waals surface area contributed by atoms with Crippen molar-refractivity contribution in [1.29, 1.82) is 0 Å². The number of nitrogens with zero attached hydrogens (tertiary/aromatic N) is 2. The second kappa shape index (κ2) is 2.97. The fraction of sp³-hybridized carbons (Fsp3) is 0.222. The summed E-state index contributed by atoms with van der Waals surface area (Å²) in [6.07, 6.45) is 1.64. The fourth-order valence-corrected chi connectivity index (χ4v) is 1.24. The van der Waals surface area contributed by atoms with Gasteiger partial charge in [0.25, 0.3) is 0 Å². The molecule has 0 spiro atoms. The van der Waals surface area contributed by atoms with Gasteiger partial charge in [0.05, 0.1) is 12.0 Å². The number of aromatic nitrogens is 2. The summed E-state index contributed by atoms with van der Waals surface area (Å²) in [5.41, 5.74) is 6.64. The minimum absolute atomic E-state index is 0.590. The van der Waals surface area contributed by atoms with E-state index in [2.05, 4.69) is 5.10 Å². The Morgan fingerprint density at radius 1 is 1.62 bits per heavy atom. The van der Waals surface area contributed by atoms with Crippen LogP contribution < -0.4 is 5.73 Å². The number of aryl methyl sites for hydroxylation is 1. The molecule has 2 N–H and O–H groups in total. The Balaban J connectivity index is 2.23. The average molecular weight is 177 g/mol. The average Bonchev–Trinajstić information content (AvgIpc) is 2.63. The van der Waals surface area contributed by atoms with Crippen LogP contribution in [0.4, 0.5) is 5.82 Å². The van der Waals surface area contributed by atoms with Gasteiger partial charge in [-0.25, -0.2) is 4.68 Å². The van der Waals surface area contributed by atoms with E-state index in [1.807, 2.05) is 25.1 Å². The van der Waals surface area contributed by atoms with E-state index in [9.17, 15) is 0 Å². The number of hydrogen-bond donors (Lipinski definition) is 1. The highest BCUT2D eigenvalue weighted by Crippen LogP contribution is 2.09. The number of hydrogen-bond acceptors (Lipinski definition) is 3. The van der Waals surface area contributed by atoms with Crippen LogP contribution >= 0.6 is 0 Å². The van der Waals surface area contributed by atoms with Crippen molar-refractivity contribution in [3.05, 3.63) is 35.9 Å². The Labute approximate surface area is 76.0 Å². The van der Waals surface area contributed by atoms with Gasteiger partial charge in [-0.2, -0.15) is 5.10 Å². The lowest BCUT2D eigenvalue weighted by Gasteiger charge is -1.99. The summed E-state index contributed by atoms with van der Waals surface area (Å²) in [7, 11) is 0. The van der Waals surface area contributed by atoms with E-state index < -0.39 is 0 Å². The second-order valence-electron chi connectivity index (χ2n) is 2.95. The maximum absolute atomic E-state index is 5.72. The van der Waals surface area contributed by atoms with Crippen LogP contribution in [-0.4, -0.2) is 9.78 Å². The molecule has 2 heterocycles. The van der Waals surface area contributed by atoms with Crippen LogP contribution in [0.5, 0.6) is 0 Å². The molecule has 68 valence electrons. The molecule has 0 aromatic carbocycles. The minimum atomic E-state index is 0.590. The molecule has 0 amide bonds. The third-order valence-corrected chi connectivity index (χ3v) is 1.82. The number of rotatable bonds is 2. The lowest BCUT2D eigenvalue weighted by atomic mass is 10.4. The highest BCUT2D eigenvalue weighted by atomic mass is 16.3. The normalized spacial score (nSPS) is 10.5. The highest BCUT2D eigenvalue weighted by Gasteiger charge is 2.03. The van der Waals surface area contributed by atoms with Crippen LogP contribution in [-0.2, 0) is 6.54 Å². The van der Waals surface area contributed by atoms with E-state index >= 15 is 0 Å². The zero-order valence-corrected chi connectivity index (χ0v) is 7.40. The first kappa shape index (κ1) is 7.91. The summed E-state index contributed by atoms with van der Waals surface area (Å²) in [4.78, 5) is 0. The number of nitrogen functional groups attached to an aromatic ring is 1. The first-order chi connectivity index (χ1) is 6.25. The number of nitrogens with two attached hydrogens (primary N) is 1. The molecule has 0 saturated carbocycles. The van der Waals surface area contributed by atoms with E-state index in [0.29, 0.717) is 12.4 Å². The Bertz CT molecular complexity index is 389. The van der Waals surface area contributed by atoms with E-state index in [4.69, 9.17) is 10.2 Å². The minimum Gasteiger partial charge on any atom is -0.467 e. The second-order valence-corrected chi connectivity index (χ2v) is 2.95. The van der Waals surface area contributed by atoms with Crippen molar-refractivity contribution >= 4 is 5.82 Å². The molecular formula is C9H11N3O. The fourth-order valence-electron chi connectivity index (χ4n) is 1.24. The molecule has 2 aromatic rings. The van der Waals surface area contributed by atoms with Gasteiger partial charge in [-0.1, -0.05) is 0 Å². The van der Waals surface area contributed by atoms with Gasteiger partial charge in [-0.15, -0.1) is 0 Å². The number of furan rings is 1. The monoisotopic (exact) mass is 177 g/mol. The van der Waals surface area contributed by atoms with Crippen LogP contribution in [0.2, 0.25) is 0 Å². The molecule has 4 nitrogen and oxygen atoms in total. The molecule has 2 aromatic heterocycles. The van der Waals surface area contributed by atoms with Crippen molar-refractivity contribution in [3.8, 4) is 0 Å². The van der Waals surface area contributed by atoms with Crippen molar-refractivity contribution in [1.82, 2.24) is 9.78 Å². The van der Waals surface area contributed by atoms with Gasteiger partial charge >= 0.3 is 0 Å². The summed E-state index contributed by atoms with van der Waals surface area (Å²) in [5.74, 6) is 1.52. The quantitative estimate of drug-likeness (QED) is 0.754. The van der Waals surface area contributed by atoms with Gasteiger partial charge in [-0.05, 0) is 19.1 Å². The molecule has 0 bridgehead atoms. The lowest BCUT2D eigenvalue weighted by molar-refractivity contribution is 0.481. The smallest absolute Gasteiger partial charge is 0.125 e. The molecule has 4 heteroatoms. The van der Waals surface area contributed by atoms with Crippen molar-refractivity contribution in [2.75, 3.05) is 5.73 Å². The van der Waals surface area contributed by atoms with Crippen molar-refractivity contribution in [2.24, 2.45) is 0 Å². The molecule has 0 aliphatic heterocycles. The topological polar surface area (TPSA) is 57.0 Å². The van der Waals surface area contributed by atoms with Gasteiger partial charge in [0.2, 0.25) is 0 Å². The van der Waals surface area contributed by atoms with Crippen molar-refractivity contribution < 1.29 is 4.42 Å². The maximum atomic E-state index is 5.72. The molecule has 0 unspecified atom stereocenters. The lowest BCUT2D eigenvalue weighted by Crippen LogP contribution is -2.04. The van der Waals surface area contributed by atoms with Gasteiger partial charge in [0, 0.05) is 6.07 Å². The molecule has 0 fully saturated rings. The van der Waals surface area contributed by atoms with Gasteiger partial charge in [0.15, 0.2) is 0 Å². The van der Waals surface area contributed by atoms with Crippen LogP contribution in [0.3, 0.4) is 0 Å². The molecule has 0 aliphatic carbocycles. The molecular weight excluding hydrogens is 166 g/mol. The van der Waals surface area contributed by atoms with Crippen LogP contribution in [0, 0.1) is 6.92 Å². The molecule has 0 radical (unpaired) electrons. The Morgan fingerprint density at radius 3 is 3.00 bits per heavy atom. The molecule has 0 saturated heterocycles. The van der Waals surface area contributed by atoms with Crippen LogP contribution in [0.25, 0.3) is 0 Å². The first-order valence-electron chi connectivity index (χ1n) is 4.08.